The molecule has 0 aromatic carbocycles. The number of hydrogen-bond acceptors (Lipinski definition) is 7. The van der Waals surface area contributed by atoms with Gasteiger partial charge >= 0.3 is 29.6 Å². The van der Waals surface area contributed by atoms with Crippen molar-refractivity contribution in [1.82, 2.24) is 9.97 Å². The number of pyridine rings is 2. The molecule has 0 aliphatic carbocycles. The van der Waals surface area contributed by atoms with Gasteiger partial charge in [0.15, 0.2) is 0 Å². The van der Waals surface area contributed by atoms with Crippen LogP contribution in [0.4, 0.5) is 0 Å². The minimum atomic E-state index is -3.45. The van der Waals surface area contributed by atoms with Crippen molar-refractivity contribution in [3.05, 3.63) is 62.6 Å². The third-order valence-electron chi connectivity index (χ3n) is 2.43. The smallest absolute Gasteiger partial charge is 0.512 e. The van der Waals surface area contributed by atoms with Crippen LogP contribution in [0.1, 0.15) is 11.1 Å². The maximum Gasteiger partial charge on any atom is 1.00 e. The van der Waals surface area contributed by atoms with Gasteiger partial charge in [-0.05, 0) is 23.3 Å². The zero-order chi connectivity index (χ0) is 21.0. The maximum atomic E-state index is 10.7. The van der Waals surface area contributed by atoms with Gasteiger partial charge < -0.3 is 11.8 Å². The van der Waals surface area contributed by atoms with Crippen molar-refractivity contribution in [2.24, 2.45) is 0 Å². The van der Waals surface area contributed by atoms with Crippen LogP contribution in [-0.4, -0.2) is 24.6 Å². The quantitative estimate of drug-likeness (QED) is 0.274. The SMILES string of the molecule is CS(=O)(=O)OCc1cnc(Cl)c(Cl)c1.N#CCc1cnc(Cl)c(Cl)c1.[C-]#N.[Na+]. The molecule has 0 bridgehead atoms. The molecule has 0 aliphatic heterocycles. The Morgan fingerprint density at radius 2 is 1.46 bits per heavy atom. The Bertz CT molecular complexity index is 937. The summed E-state index contributed by atoms with van der Waals surface area (Å²) >= 11 is 22.4. The van der Waals surface area contributed by atoms with E-state index >= 15 is 0 Å². The van der Waals surface area contributed by atoms with Crippen LogP contribution in [0.25, 0.3) is 0 Å². The third kappa shape index (κ3) is 12.7. The van der Waals surface area contributed by atoms with Crippen LogP contribution in [0.3, 0.4) is 0 Å². The second kappa shape index (κ2) is 15.2. The minimum Gasteiger partial charge on any atom is -0.512 e. The van der Waals surface area contributed by atoms with Crippen molar-refractivity contribution in [2.45, 2.75) is 13.0 Å². The van der Waals surface area contributed by atoms with Gasteiger partial charge in [0.2, 0.25) is 0 Å². The second-order valence-corrected chi connectivity index (χ2v) is 7.71. The van der Waals surface area contributed by atoms with Crippen molar-refractivity contribution in [3.63, 3.8) is 0 Å². The monoisotopic (exact) mass is 490 g/mol. The molecule has 2 aromatic rings. The second-order valence-electron chi connectivity index (χ2n) is 4.53. The van der Waals surface area contributed by atoms with Crippen LogP contribution in [0, 0.1) is 23.2 Å². The van der Waals surface area contributed by atoms with E-state index in [1.807, 2.05) is 6.07 Å². The summed E-state index contributed by atoms with van der Waals surface area (Å²) in [6.45, 7) is 4.66. The Kier molecular flexibility index (Phi) is 16.1. The number of nitriles is 1. The molecule has 2 aromatic heterocycles. The first-order chi connectivity index (χ1) is 12.6. The van der Waals surface area contributed by atoms with Crippen LogP contribution in [0.15, 0.2) is 24.5 Å². The standard InChI is InChI=1S/C7H4Cl2N2.C7H7Cl2NO3S.CN.Na/c8-6-3-5(1-2-10)4-11-7(6)9;1-14(11,12)13-4-5-2-6(8)7(9)10-3-5;1-2;/h3-4H,1H2;2-3H,4H2,1H3;;/q;;-1;+1. The molecule has 0 radical (unpaired) electrons. The van der Waals surface area contributed by atoms with E-state index in [4.69, 9.17) is 63.5 Å². The molecular formula is C15H11Cl4N4NaO3S. The molecule has 0 atom stereocenters. The van der Waals surface area contributed by atoms with E-state index in [0.717, 1.165) is 11.8 Å². The fourth-order valence-corrected chi connectivity index (χ4v) is 2.30. The molecule has 0 N–H and O–H groups in total. The van der Waals surface area contributed by atoms with Gasteiger partial charge in [0.25, 0.3) is 10.1 Å². The molecule has 2 rings (SSSR count). The summed E-state index contributed by atoms with van der Waals surface area (Å²) in [7, 11) is -3.45. The van der Waals surface area contributed by atoms with Gasteiger partial charge in [0.05, 0.1) is 35.4 Å². The van der Waals surface area contributed by atoms with E-state index in [9.17, 15) is 8.42 Å². The summed E-state index contributed by atoms with van der Waals surface area (Å²) in [4.78, 5) is 7.52. The van der Waals surface area contributed by atoms with Gasteiger partial charge in [-0.2, -0.15) is 13.7 Å². The normalized spacial score (nSPS) is 9.50. The number of hydrogen-bond donors (Lipinski definition) is 0. The Hall–Kier alpha value is -0.650. The average Bonchev–Trinajstić information content (AvgIpc) is 2.61. The number of aromatic nitrogens is 2. The summed E-state index contributed by atoms with van der Waals surface area (Å²) in [5.74, 6) is 0. The largest absolute Gasteiger partial charge is 1.00 e. The molecule has 0 amide bonds. The fourth-order valence-electron chi connectivity index (χ4n) is 1.36. The Morgan fingerprint density at radius 1 is 1.04 bits per heavy atom. The van der Waals surface area contributed by atoms with E-state index in [2.05, 4.69) is 14.2 Å². The molecule has 28 heavy (non-hydrogen) atoms. The maximum absolute atomic E-state index is 10.7. The van der Waals surface area contributed by atoms with Gasteiger partial charge in [-0.3, -0.25) is 4.18 Å². The summed E-state index contributed by atoms with van der Waals surface area (Å²) in [6.07, 6.45) is 4.22. The zero-order valence-electron chi connectivity index (χ0n) is 14.7. The van der Waals surface area contributed by atoms with Crippen molar-refractivity contribution in [2.75, 3.05) is 6.26 Å². The van der Waals surface area contributed by atoms with E-state index < -0.39 is 10.1 Å². The topological polar surface area (TPSA) is 117 Å². The summed E-state index contributed by atoms with van der Waals surface area (Å²) in [5, 5.41) is 15.7. The molecule has 144 valence electrons. The number of nitrogens with zero attached hydrogens (tertiary/aromatic N) is 4. The van der Waals surface area contributed by atoms with Crippen LogP contribution in [-0.2, 0) is 27.3 Å². The predicted molar refractivity (Wildman–Crippen MR) is 102 cm³/mol. The van der Waals surface area contributed by atoms with Gasteiger partial charge in [0, 0.05) is 12.4 Å². The molecule has 0 saturated heterocycles. The van der Waals surface area contributed by atoms with Crippen molar-refractivity contribution < 1.29 is 42.2 Å². The molecule has 2 heterocycles. The van der Waals surface area contributed by atoms with Crippen molar-refractivity contribution >= 4 is 56.5 Å². The summed E-state index contributed by atoms with van der Waals surface area (Å²) < 4.78 is 25.9. The number of rotatable bonds is 4. The first kappa shape index (κ1) is 29.6. The predicted octanol–water partition coefficient (Wildman–Crippen LogP) is 1.42. The van der Waals surface area contributed by atoms with Gasteiger partial charge in [-0.25, -0.2) is 9.97 Å². The molecule has 0 fully saturated rings. The van der Waals surface area contributed by atoms with Crippen LogP contribution in [0.2, 0.25) is 20.4 Å². The van der Waals surface area contributed by atoms with Crippen LogP contribution >= 0.6 is 46.4 Å². The van der Waals surface area contributed by atoms with E-state index in [1.54, 1.807) is 6.07 Å². The Labute approximate surface area is 205 Å². The van der Waals surface area contributed by atoms with Crippen LogP contribution < -0.4 is 29.6 Å². The fraction of sp³-hybridized carbons (Fsp3) is 0.200. The molecule has 0 unspecified atom stereocenters. The zero-order valence-corrected chi connectivity index (χ0v) is 20.5. The first-order valence-electron chi connectivity index (χ1n) is 6.66. The average molecular weight is 492 g/mol. The molecular weight excluding hydrogens is 481 g/mol. The van der Waals surface area contributed by atoms with Gasteiger partial charge in [-0.15, -0.1) is 0 Å². The van der Waals surface area contributed by atoms with Gasteiger partial charge in [-0.1, -0.05) is 46.4 Å². The van der Waals surface area contributed by atoms with Gasteiger partial charge in [0.1, 0.15) is 10.3 Å². The molecule has 13 heteroatoms. The van der Waals surface area contributed by atoms with E-state index in [1.165, 1.54) is 18.5 Å². The van der Waals surface area contributed by atoms with Crippen molar-refractivity contribution in [3.8, 4) is 6.07 Å². The molecule has 0 saturated carbocycles. The Morgan fingerprint density at radius 3 is 1.86 bits per heavy atom. The molecule has 0 aliphatic rings. The first-order valence-corrected chi connectivity index (χ1v) is 9.98. The number of halogens is 4. The minimum absolute atomic E-state index is 0. The van der Waals surface area contributed by atoms with E-state index in [-0.39, 0.29) is 51.5 Å². The summed E-state index contributed by atoms with van der Waals surface area (Å²) in [6, 6.07) is 5.13. The van der Waals surface area contributed by atoms with Crippen molar-refractivity contribution in [1.29, 1.82) is 10.5 Å². The Balaban J connectivity index is 0. The van der Waals surface area contributed by atoms with E-state index in [0.29, 0.717) is 17.0 Å². The third-order valence-corrected chi connectivity index (χ3v) is 4.35. The van der Waals surface area contributed by atoms with Crippen LogP contribution in [0.5, 0.6) is 0 Å². The summed E-state index contributed by atoms with van der Waals surface area (Å²) in [5.41, 5.74) is 1.33. The molecule has 7 nitrogen and oxygen atoms in total. The molecule has 0 spiro atoms.